The Morgan fingerprint density at radius 1 is 0.710 bits per heavy atom. The van der Waals surface area contributed by atoms with E-state index in [1.807, 2.05) is 4.68 Å². The molecule has 5 heteroatoms. The first kappa shape index (κ1) is 18.6. The molecule has 152 valence electrons. The van der Waals surface area contributed by atoms with Gasteiger partial charge in [-0.25, -0.2) is 4.68 Å². The van der Waals surface area contributed by atoms with Gasteiger partial charge in [-0.1, -0.05) is 63.6 Å². The molecule has 5 aromatic rings. The molecule has 0 saturated carbocycles. The summed E-state index contributed by atoms with van der Waals surface area (Å²) in [6.45, 7) is 0. The van der Waals surface area contributed by atoms with Gasteiger partial charge in [-0.2, -0.15) is 0 Å². The van der Waals surface area contributed by atoms with Crippen molar-refractivity contribution in [3.05, 3.63) is 94.7 Å². The lowest BCUT2D eigenvalue weighted by Crippen LogP contribution is -2.05. The molecule has 0 spiro atoms. The van der Waals surface area contributed by atoms with Crippen LogP contribution < -0.4 is 0 Å². The van der Waals surface area contributed by atoms with Crippen LogP contribution in [0, 0.1) is 0 Å². The Kier molecular flexibility index (Phi) is 4.50. The number of aromatic nitrogens is 4. The number of hydrogen-bond acceptors (Lipinski definition) is 2. The molecular formula is C26H21BrN4. The van der Waals surface area contributed by atoms with Gasteiger partial charge in [0.15, 0.2) is 0 Å². The maximum atomic E-state index is 4.49. The lowest BCUT2D eigenvalue weighted by atomic mass is 10.1. The Balaban J connectivity index is 1.44. The second-order valence-corrected chi connectivity index (χ2v) is 8.99. The fourth-order valence-electron chi connectivity index (χ4n) is 4.63. The van der Waals surface area contributed by atoms with Gasteiger partial charge >= 0.3 is 0 Å². The number of halogens is 1. The zero-order valence-electron chi connectivity index (χ0n) is 17.0. The van der Waals surface area contributed by atoms with Crippen LogP contribution in [0.25, 0.3) is 33.2 Å². The summed E-state index contributed by atoms with van der Waals surface area (Å²) in [5.41, 5.74) is 6.98. The normalized spacial score (nSPS) is 14.3. The topological polar surface area (TPSA) is 35.6 Å². The minimum Gasteiger partial charge on any atom is -0.309 e. The van der Waals surface area contributed by atoms with Crippen LogP contribution >= 0.6 is 15.9 Å². The van der Waals surface area contributed by atoms with Crippen molar-refractivity contribution in [2.75, 3.05) is 0 Å². The summed E-state index contributed by atoms with van der Waals surface area (Å²) in [5, 5.41) is 11.5. The van der Waals surface area contributed by atoms with E-state index in [4.69, 9.17) is 0 Å². The molecular weight excluding hydrogens is 448 g/mol. The zero-order valence-corrected chi connectivity index (χ0v) is 18.6. The van der Waals surface area contributed by atoms with Crippen molar-refractivity contribution in [1.82, 2.24) is 19.6 Å². The highest BCUT2D eigenvalue weighted by atomic mass is 79.9. The predicted octanol–water partition coefficient (Wildman–Crippen LogP) is 6.52. The molecule has 0 saturated heterocycles. The van der Waals surface area contributed by atoms with E-state index in [1.54, 1.807) is 0 Å². The second-order valence-electron chi connectivity index (χ2n) is 7.97. The molecule has 0 aliphatic heterocycles. The standard InChI is InChI=1S/C26H21BrN4/c27-18-6-5-11-26-23(17-12-18)28-29-31(26)20-15-13-19(14-16-20)30-24-9-3-1-7-21(24)22-8-2-4-10-25(22)30/h1-4,6-10,13-16H,5,11-12,17H2. The summed E-state index contributed by atoms with van der Waals surface area (Å²) < 4.78 is 5.61. The Morgan fingerprint density at radius 3 is 2.06 bits per heavy atom. The zero-order chi connectivity index (χ0) is 20.8. The van der Waals surface area contributed by atoms with Crippen LogP contribution in [0.2, 0.25) is 0 Å². The van der Waals surface area contributed by atoms with E-state index in [1.165, 1.54) is 32.0 Å². The second kappa shape index (κ2) is 7.50. The number of allylic oxidation sites excluding steroid dienone is 2. The van der Waals surface area contributed by atoms with E-state index >= 15 is 0 Å². The van der Waals surface area contributed by atoms with E-state index in [2.05, 4.69) is 110 Å². The maximum absolute atomic E-state index is 4.49. The molecule has 0 bridgehead atoms. The first-order valence-electron chi connectivity index (χ1n) is 10.7. The summed E-state index contributed by atoms with van der Waals surface area (Å²) in [6, 6.07) is 25.9. The number of nitrogens with zero attached hydrogens (tertiary/aromatic N) is 4. The molecule has 0 atom stereocenters. The van der Waals surface area contributed by atoms with Gasteiger partial charge in [-0.15, -0.1) is 5.10 Å². The van der Waals surface area contributed by atoms with Gasteiger partial charge in [-0.3, -0.25) is 0 Å². The summed E-state index contributed by atoms with van der Waals surface area (Å²) in [7, 11) is 0. The third-order valence-electron chi connectivity index (χ3n) is 6.12. The van der Waals surface area contributed by atoms with Crippen molar-refractivity contribution >= 4 is 37.7 Å². The Labute approximate surface area is 188 Å². The fraction of sp³-hybridized carbons (Fsp3) is 0.154. The molecule has 0 unspecified atom stereocenters. The molecule has 6 rings (SSSR count). The minimum absolute atomic E-state index is 0.922. The molecule has 0 radical (unpaired) electrons. The molecule has 0 amide bonds. The Hall–Kier alpha value is -3.18. The number of benzene rings is 3. The highest BCUT2D eigenvalue weighted by Gasteiger charge is 2.17. The number of hydrogen-bond donors (Lipinski definition) is 0. The van der Waals surface area contributed by atoms with Crippen molar-refractivity contribution in [3.63, 3.8) is 0 Å². The van der Waals surface area contributed by atoms with Crippen LogP contribution in [0.15, 0.2) is 83.4 Å². The highest BCUT2D eigenvalue weighted by Crippen LogP contribution is 2.32. The van der Waals surface area contributed by atoms with E-state index < -0.39 is 0 Å². The lowest BCUT2D eigenvalue weighted by molar-refractivity contribution is 0.755. The molecule has 2 heterocycles. The quantitative estimate of drug-likeness (QED) is 0.295. The SMILES string of the molecule is BrC1=CCCc2c(nnn2-c2ccc(-n3c4ccccc4c4ccccc43)cc2)CC1. The van der Waals surface area contributed by atoms with Gasteiger partial charge in [0.2, 0.25) is 0 Å². The van der Waals surface area contributed by atoms with Crippen molar-refractivity contribution in [1.29, 1.82) is 0 Å². The minimum atomic E-state index is 0.922. The van der Waals surface area contributed by atoms with Crippen LogP contribution in [0.1, 0.15) is 24.2 Å². The summed E-state index contributed by atoms with van der Waals surface area (Å²) in [5.74, 6) is 0. The van der Waals surface area contributed by atoms with Crippen LogP contribution in [-0.4, -0.2) is 19.6 Å². The van der Waals surface area contributed by atoms with Crippen LogP contribution in [0.4, 0.5) is 0 Å². The average molecular weight is 469 g/mol. The van der Waals surface area contributed by atoms with Crippen molar-refractivity contribution < 1.29 is 0 Å². The Bertz CT molecular complexity index is 1390. The van der Waals surface area contributed by atoms with Crippen LogP contribution in [0.3, 0.4) is 0 Å². The number of fused-ring (bicyclic) bond motifs is 4. The monoisotopic (exact) mass is 468 g/mol. The summed E-state index contributed by atoms with van der Waals surface area (Å²) in [4.78, 5) is 0. The predicted molar refractivity (Wildman–Crippen MR) is 129 cm³/mol. The number of aryl methyl sites for hydroxylation is 1. The van der Waals surface area contributed by atoms with Gasteiger partial charge < -0.3 is 4.57 Å². The summed E-state index contributed by atoms with van der Waals surface area (Å²) >= 11 is 3.64. The van der Waals surface area contributed by atoms with E-state index in [0.29, 0.717) is 0 Å². The molecule has 31 heavy (non-hydrogen) atoms. The van der Waals surface area contributed by atoms with E-state index in [0.717, 1.165) is 42.8 Å². The van der Waals surface area contributed by atoms with E-state index in [9.17, 15) is 0 Å². The molecule has 0 N–H and O–H groups in total. The maximum Gasteiger partial charge on any atom is 0.0867 e. The molecule has 4 nitrogen and oxygen atoms in total. The number of para-hydroxylation sites is 2. The smallest absolute Gasteiger partial charge is 0.0867 e. The van der Waals surface area contributed by atoms with Gasteiger partial charge in [0.1, 0.15) is 0 Å². The molecule has 0 fully saturated rings. The molecule has 3 aromatic carbocycles. The van der Waals surface area contributed by atoms with Crippen molar-refractivity contribution in [3.8, 4) is 11.4 Å². The molecule has 1 aliphatic carbocycles. The fourth-order valence-corrected chi connectivity index (χ4v) is 5.06. The first-order valence-corrected chi connectivity index (χ1v) is 11.5. The van der Waals surface area contributed by atoms with Gasteiger partial charge in [-0.05, 0) is 66.6 Å². The van der Waals surface area contributed by atoms with Crippen molar-refractivity contribution in [2.45, 2.75) is 25.7 Å². The van der Waals surface area contributed by atoms with Gasteiger partial charge in [0.25, 0.3) is 0 Å². The molecule has 1 aliphatic rings. The largest absolute Gasteiger partial charge is 0.309 e. The highest BCUT2D eigenvalue weighted by molar-refractivity contribution is 9.11. The third kappa shape index (κ3) is 3.12. The third-order valence-corrected chi connectivity index (χ3v) is 6.84. The Morgan fingerprint density at radius 2 is 1.35 bits per heavy atom. The average Bonchev–Trinajstić information content (AvgIpc) is 3.35. The van der Waals surface area contributed by atoms with Gasteiger partial charge in [0.05, 0.1) is 28.1 Å². The van der Waals surface area contributed by atoms with Gasteiger partial charge in [0, 0.05) is 16.5 Å². The molecule has 2 aromatic heterocycles. The summed E-state index contributed by atoms with van der Waals surface area (Å²) in [6.07, 6.45) is 6.13. The lowest BCUT2D eigenvalue weighted by Gasteiger charge is -2.12. The van der Waals surface area contributed by atoms with Crippen LogP contribution in [0.5, 0.6) is 0 Å². The van der Waals surface area contributed by atoms with Crippen molar-refractivity contribution in [2.24, 2.45) is 0 Å². The van der Waals surface area contributed by atoms with E-state index in [-0.39, 0.29) is 0 Å². The number of rotatable bonds is 2. The first-order chi connectivity index (χ1) is 15.3. The van der Waals surface area contributed by atoms with Crippen LogP contribution in [-0.2, 0) is 12.8 Å².